The topological polar surface area (TPSA) is 48.5 Å². The molecule has 0 bridgehead atoms. The van der Waals surface area contributed by atoms with Gasteiger partial charge in [-0.25, -0.2) is 4.98 Å². The normalized spacial score (nSPS) is 14.4. The number of aromatic nitrogens is 1. The molecule has 0 spiro atoms. The second-order valence-electron chi connectivity index (χ2n) is 8.26. The summed E-state index contributed by atoms with van der Waals surface area (Å²) in [5.74, 6) is 0.292. The van der Waals surface area contributed by atoms with E-state index in [1.807, 2.05) is 48.2 Å². The lowest BCUT2D eigenvalue weighted by molar-refractivity contribution is -0.137. The number of nitrogens with one attached hydrogen (secondary N) is 1. The summed E-state index contributed by atoms with van der Waals surface area (Å²) in [6.07, 6.45) is -0.529. The van der Waals surface area contributed by atoms with Crippen molar-refractivity contribution in [3.8, 4) is 0 Å². The first-order valence-corrected chi connectivity index (χ1v) is 11.5. The zero-order valence-electron chi connectivity index (χ0n) is 19.0. The lowest BCUT2D eigenvalue weighted by Crippen LogP contribution is -2.47. The minimum Gasteiger partial charge on any atom is -0.368 e. The van der Waals surface area contributed by atoms with Crippen molar-refractivity contribution < 1.29 is 18.0 Å². The van der Waals surface area contributed by atoms with E-state index in [4.69, 9.17) is 11.6 Å². The zero-order valence-corrected chi connectivity index (χ0v) is 19.8. The molecule has 0 amide bonds. The molecule has 1 N–H and O–H groups in total. The average molecular weight is 501 g/mol. The summed E-state index contributed by atoms with van der Waals surface area (Å²) in [4.78, 5) is 20.3. The van der Waals surface area contributed by atoms with Crippen LogP contribution >= 0.6 is 11.6 Å². The Hall–Kier alpha value is -3.52. The molecule has 182 valence electrons. The van der Waals surface area contributed by atoms with Gasteiger partial charge in [0.25, 0.3) is 0 Å². The summed E-state index contributed by atoms with van der Waals surface area (Å²) in [5.41, 5.74) is 2.76. The van der Waals surface area contributed by atoms with Crippen molar-refractivity contribution in [3.05, 3.63) is 94.8 Å². The fourth-order valence-corrected chi connectivity index (χ4v) is 4.08. The van der Waals surface area contributed by atoms with Crippen LogP contribution in [0.2, 0.25) is 5.02 Å². The van der Waals surface area contributed by atoms with Crippen molar-refractivity contribution >= 4 is 34.6 Å². The van der Waals surface area contributed by atoms with Gasteiger partial charge in [0.15, 0.2) is 5.78 Å². The maximum Gasteiger partial charge on any atom is 0.417 e. The van der Waals surface area contributed by atoms with E-state index in [2.05, 4.69) is 15.2 Å². The van der Waals surface area contributed by atoms with Crippen molar-refractivity contribution in [2.75, 3.05) is 41.3 Å². The number of ketones is 1. The van der Waals surface area contributed by atoms with Gasteiger partial charge < -0.3 is 15.1 Å². The number of rotatable bonds is 6. The number of benzene rings is 2. The van der Waals surface area contributed by atoms with Crippen molar-refractivity contribution in [3.63, 3.8) is 0 Å². The number of aryl methyl sites for hydroxylation is 1. The van der Waals surface area contributed by atoms with Crippen molar-refractivity contribution in [1.29, 1.82) is 0 Å². The molecule has 1 aliphatic heterocycles. The SMILES string of the molecule is Cc1ccc(C(=O)/C=C\Nc2ccc(N3CCN(c4ncc(C(F)(F)F)cc4Cl)CC3)cc2)cc1. The Bertz CT molecular complexity index is 1200. The highest BCUT2D eigenvalue weighted by Gasteiger charge is 2.32. The number of hydrogen-bond acceptors (Lipinski definition) is 5. The maximum absolute atomic E-state index is 12.9. The molecule has 0 radical (unpaired) electrons. The first-order valence-electron chi connectivity index (χ1n) is 11.1. The van der Waals surface area contributed by atoms with E-state index in [9.17, 15) is 18.0 Å². The van der Waals surface area contributed by atoms with Crippen LogP contribution in [-0.2, 0) is 6.18 Å². The molecule has 2 aromatic carbocycles. The van der Waals surface area contributed by atoms with E-state index in [1.165, 1.54) is 6.08 Å². The second-order valence-corrected chi connectivity index (χ2v) is 8.66. The third-order valence-corrected chi connectivity index (χ3v) is 6.06. The highest BCUT2D eigenvalue weighted by Crippen LogP contribution is 2.34. The predicted molar refractivity (Wildman–Crippen MR) is 133 cm³/mol. The van der Waals surface area contributed by atoms with Gasteiger partial charge >= 0.3 is 6.18 Å². The van der Waals surface area contributed by atoms with Gasteiger partial charge in [-0.2, -0.15) is 13.2 Å². The molecule has 1 saturated heterocycles. The Morgan fingerprint density at radius 3 is 2.23 bits per heavy atom. The molecule has 5 nitrogen and oxygen atoms in total. The first kappa shape index (κ1) is 24.6. The summed E-state index contributed by atoms with van der Waals surface area (Å²) in [6.45, 7) is 4.50. The highest BCUT2D eigenvalue weighted by molar-refractivity contribution is 6.33. The smallest absolute Gasteiger partial charge is 0.368 e. The number of allylic oxidation sites excluding steroid dienone is 1. The van der Waals surface area contributed by atoms with Crippen LogP contribution < -0.4 is 15.1 Å². The standard InChI is InChI=1S/C26H24ClF3N4O/c1-18-2-4-19(5-3-18)24(35)10-11-31-21-6-8-22(9-7-21)33-12-14-34(15-13-33)25-23(27)16-20(17-32-25)26(28,29)30/h2-11,16-17,31H,12-15H2,1H3/b11-10-. The van der Waals surface area contributed by atoms with Crippen LogP contribution in [0.15, 0.2) is 73.1 Å². The molecule has 0 unspecified atom stereocenters. The van der Waals surface area contributed by atoms with Crippen molar-refractivity contribution in [2.24, 2.45) is 0 Å². The van der Waals surface area contributed by atoms with Gasteiger partial charge in [0.2, 0.25) is 0 Å². The number of pyridine rings is 1. The molecule has 0 aliphatic carbocycles. The Kier molecular flexibility index (Phi) is 7.31. The van der Waals surface area contributed by atoms with Gasteiger partial charge in [-0.3, -0.25) is 4.79 Å². The lowest BCUT2D eigenvalue weighted by atomic mass is 10.1. The maximum atomic E-state index is 12.9. The molecule has 0 atom stereocenters. The second kappa shape index (κ2) is 10.4. The summed E-state index contributed by atoms with van der Waals surface area (Å²) in [6, 6.07) is 16.2. The van der Waals surface area contributed by atoms with Gasteiger partial charge in [-0.05, 0) is 37.3 Å². The van der Waals surface area contributed by atoms with Gasteiger partial charge in [0.05, 0.1) is 10.6 Å². The Morgan fingerprint density at radius 2 is 1.63 bits per heavy atom. The number of piperazine rings is 1. The van der Waals surface area contributed by atoms with Gasteiger partial charge in [0.1, 0.15) is 5.82 Å². The molecular weight excluding hydrogens is 477 g/mol. The molecular formula is C26H24ClF3N4O. The van der Waals surface area contributed by atoms with Crippen LogP contribution in [0, 0.1) is 6.92 Å². The molecule has 35 heavy (non-hydrogen) atoms. The van der Waals surface area contributed by atoms with Crippen LogP contribution in [0.4, 0.5) is 30.4 Å². The third-order valence-electron chi connectivity index (χ3n) is 5.78. The van der Waals surface area contributed by atoms with E-state index in [1.54, 1.807) is 18.3 Å². The Morgan fingerprint density at radius 1 is 1.00 bits per heavy atom. The predicted octanol–water partition coefficient (Wildman–Crippen LogP) is 6.20. The summed E-state index contributed by atoms with van der Waals surface area (Å²) < 4.78 is 38.6. The number of alkyl halides is 3. The van der Waals surface area contributed by atoms with Gasteiger partial charge in [-0.1, -0.05) is 41.4 Å². The highest BCUT2D eigenvalue weighted by atomic mass is 35.5. The summed E-state index contributed by atoms with van der Waals surface area (Å²) in [5, 5.41) is 3.10. The summed E-state index contributed by atoms with van der Waals surface area (Å²) in [7, 11) is 0. The molecule has 0 saturated carbocycles. The van der Waals surface area contributed by atoms with Crippen LogP contribution in [0.1, 0.15) is 21.5 Å². The number of carbonyl (C=O) groups excluding carboxylic acids is 1. The minimum atomic E-state index is -4.47. The number of carbonyl (C=O) groups is 1. The molecule has 1 aromatic heterocycles. The van der Waals surface area contributed by atoms with E-state index in [-0.39, 0.29) is 10.8 Å². The van der Waals surface area contributed by atoms with E-state index < -0.39 is 11.7 Å². The fraction of sp³-hybridized carbons (Fsp3) is 0.231. The lowest BCUT2D eigenvalue weighted by Gasteiger charge is -2.37. The number of nitrogens with zero attached hydrogens (tertiary/aromatic N) is 3. The van der Waals surface area contributed by atoms with E-state index >= 15 is 0 Å². The van der Waals surface area contributed by atoms with Crippen LogP contribution in [0.3, 0.4) is 0 Å². The van der Waals surface area contributed by atoms with Gasteiger partial charge in [-0.15, -0.1) is 0 Å². The van der Waals surface area contributed by atoms with Crippen molar-refractivity contribution in [1.82, 2.24) is 4.98 Å². The largest absolute Gasteiger partial charge is 0.417 e. The summed E-state index contributed by atoms with van der Waals surface area (Å²) >= 11 is 6.09. The fourth-order valence-electron chi connectivity index (χ4n) is 3.79. The number of hydrogen-bond donors (Lipinski definition) is 1. The third kappa shape index (κ3) is 6.14. The Balaban J connectivity index is 1.30. The number of halogens is 4. The minimum absolute atomic E-state index is 0.00221. The monoisotopic (exact) mass is 500 g/mol. The first-order chi connectivity index (χ1) is 16.7. The van der Waals surface area contributed by atoms with Crippen LogP contribution in [-0.4, -0.2) is 36.9 Å². The Labute approximate surface area is 206 Å². The molecule has 1 fully saturated rings. The number of anilines is 3. The van der Waals surface area contributed by atoms with Crippen LogP contribution in [0.25, 0.3) is 0 Å². The van der Waals surface area contributed by atoms with Crippen molar-refractivity contribution in [2.45, 2.75) is 13.1 Å². The molecule has 3 aromatic rings. The van der Waals surface area contributed by atoms with E-state index in [0.29, 0.717) is 37.6 Å². The molecule has 1 aliphatic rings. The average Bonchev–Trinajstić information content (AvgIpc) is 2.84. The van der Waals surface area contributed by atoms with Crippen LogP contribution in [0.5, 0.6) is 0 Å². The molecule has 2 heterocycles. The van der Waals surface area contributed by atoms with Gasteiger partial charge in [0, 0.05) is 61.6 Å². The van der Waals surface area contributed by atoms with E-state index in [0.717, 1.165) is 29.2 Å². The molecule has 9 heteroatoms. The molecule has 4 rings (SSSR count). The quantitative estimate of drug-likeness (QED) is 0.323. The zero-order chi connectivity index (χ0) is 25.0.